The highest BCUT2D eigenvalue weighted by Gasteiger charge is 2.36. The first-order chi connectivity index (χ1) is 13.3. The van der Waals surface area contributed by atoms with Crippen molar-refractivity contribution in [3.05, 3.63) is 71.8 Å². The zero-order valence-corrected chi connectivity index (χ0v) is 16.0. The summed E-state index contributed by atoms with van der Waals surface area (Å²) in [6, 6.07) is 21.5. The average molecular weight is 363 g/mol. The predicted octanol–water partition coefficient (Wildman–Crippen LogP) is 4.35. The van der Waals surface area contributed by atoms with E-state index in [9.17, 15) is 4.79 Å². The molecule has 0 aromatic heterocycles. The van der Waals surface area contributed by atoms with Crippen LogP contribution in [0.25, 0.3) is 0 Å². The van der Waals surface area contributed by atoms with Crippen molar-refractivity contribution in [2.45, 2.75) is 50.6 Å². The molecule has 2 aromatic rings. The number of carbonyl (C=O) groups excluding carboxylic acids is 1. The van der Waals surface area contributed by atoms with Gasteiger partial charge >= 0.3 is 0 Å². The lowest BCUT2D eigenvalue weighted by Crippen LogP contribution is -2.43. The molecule has 0 spiro atoms. The first kappa shape index (κ1) is 18.2. The largest absolute Gasteiger partial charge is 0.351 e. The van der Waals surface area contributed by atoms with Gasteiger partial charge in [-0.15, -0.1) is 0 Å². The summed E-state index contributed by atoms with van der Waals surface area (Å²) in [5.74, 6) is 0.864. The van der Waals surface area contributed by atoms with Gasteiger partial charge in [0.05, 0.1) is 0 Å². The van der Waals surface area contributed by atoms with Gasteiger partial charge in [-0.1, -0.05) is 79.9 Å². The number of nitrogens with one attached hydrogen (secondary N) is 1. The van der Waals surface area contributed by atoms with Gasteiger partial charge in [-0.05, 0) is 24.0 Å². The molecule has 142 valence electrons. The predicted molar refractivity (Wildman–Crippen MR) is 109 cm³/mol. The second-order valence-corrected chi connectivity index (χ2v) is 8.15. The molecule has 2 atom stereocenters. The molecule has 1 aliphatic heterocycles. The lowest BCUT2D eigenvalue weighted by atomic mass is 9.87. The highest BCUT2D eigenvalue weighted by atomic mass is 16.2. The van der Waals surface area contributed by atoms with E-state index in [1.807, 2.05) is 0 Å². The molecule has 4 rings (SSSR count). The Morgan fingerprint density at radius 2 is 1.56 bits per heavy atom. The average Bonchev–Trinajstić information content (AvgIpc) is 3.12. The number of likely N-dealkylation sites (tertiary alicyclic amines) is 1. The van der Waals surface area contributed by atoms with Crippen molar-refractivity contribution in [1.82, 2.24) is 10.2 Å². The number of nitrogens with zero attached hydrogens (tertiary/aromatic N) is 1. The van der Waals surface area contributed by atoms with Crippen molar-refractivity contribution in [2.24, 2.45) is 5.92 Å². The number of carbonyl (C=O) groups is 1. The standard InChI is InChI=1S/C24H30N2O/c27-24(21-14-8-3-9-15-21)25-23-18-26(16-19-10-4-1-5-11-19)17-22(23)20-12-6-2-7-13-20/h1-2,4-7,10-13,21-23H,3,8-9,14-18H2,(H,25,27)/t22-,23+/m0/s1. The van der Waals surface area contributed by atoms with E-state index < -0.39 is 0 Å². The van der Waals surface area contributed by atoms with E-state index in [2.05, 4.69) is 70.9 Å². The number of hydrogen-bond acceptors (Lipinski definition) is 2. The van der Waals surface area contributed by atoms with Crippen molar-refractivity contribution < 1.29 is 4.79 Å². The first-order valence-corrected chi connectivity index (χ1v) is 10.4. The second-order valence-electron chi connectivity index (χ2n) is 8.15. The first-order valence-electron chi connectivity index (χ1n) is 10.4. The maximum atomic E-state index is 12.9. The van der Waals surface area contributed by atoms with Gasteiger partial charge in [-0.25, -0.2) is 0 Å². The minimum Gasteiger partial charge on any atom is -0.351 e. The smallest absolute Gasteiger partial charge is 0.223 e. The Bertz CT molecular complexity index is 725. The number of benzene rings is 2. The van der Waals surface area contributed by atoms with E-state index in [0.29, 0.717) is 5.92 Å². The SMILES string of the molecule is O=C(N[C@@H]1CN(Cc2ccccc2)C[C@H]1c1ccccc1)C1CCCCC1. The Morgan fingerprint density at radius 1 is 0.889 bits per heavy atom. The lowest BCUT2D eigenvalue weighted by molar-refractivity contribution is -0.126. The summed E-state index contributed by atoms with van der Waals surface area (Å²) in [5.41, 5.74) is 2.67. The summed E-state index contributed by atoms with van der Waals surface area (Å²) in [5, 5.41) is 3.43. The van der Waals surface area contributed by atoms with Crippen molar-refractivity contribution in [3.8, 4) is 0 Å². The van der Waals surface area contributed by atoms with Gasteiger partial charge in [-0.2, -0.15) is 0 Å². The van der Waals surface area contributed by atoms with Crippen LogP contribution in [-0.4, -0.2) is 29.9 Å². The Kier molecular flexibility index (Phi) is 5.88. The van der Waals surface area contributed by atoms with Crippen LogP contribution >= 0.6 is 0 Å². The van der Waals surface area contributed by atoms with Gasteiger partial charge in [-0.3, -0.25) is 9.69 Å². The Morgan fingerprint density at radius 3 is 2.26 bits per heavy atom. The van der Waals surface area contributed by atoms with Crippen LogP contribution in [0.2, 0.25) is 0 Å². The Hall–Kier alpha value is -2.13. The van der Waals surface area contributed by atoms with Gasteiger partial charge in [0.15, 0.2) is 0 Å². The topological polar surface area (TPSA) is 32.3 Å². The molecule has 1 heterocycles. The third-order valence-electron chi connectivity index (χ3n) is 6.18. The van der Waals surface area contributed by atoms with Crippen LogP contribution in [0, 0.1) is 5.92 Å². The van der Waals surface area contributed by atoms with E-state index in [4.69, 9.17) is 0 Å². The zero-order chi connectivity index (χ0) is 18.5. The summed E-state index contributed by atoms with van der Waals surface area (Å²) in [4.78, 5) is 15.4. The second kappa shape index (κ2) is 8.71. The maximum Gasteiger partial charge on any atom is 0.223 e. The Labute approximate surface area is 162 Å². The van der Waals surface area contributed by atoms with E-state index >= 15 is 0 Å². The van der Waals surface area contributed by atoms with Crippen molar-refractivity contribution in [1.29, 1.82) is 0 Å². The highest BCUT2D eigenvalue weighted by molar-refractivity contribution is 5.79. The number of hydrogen-bond donors (Lipinski definition) is 1. The van der Waals surface area contributed by atoms with Crippen LogP contribution in [-0.2, 0) is 11.3 Å². The molecule has 2 aliphatic rings. The fraction of sp³-hybridized carbons (Fsp3) is 0.458. The van der Waals surface area contributed by atoms with Gasteiger partial charge in [0.2, 0.25) is 5.91 Å². The van der Waals surface area contributed by atoms with Crippen molar-refractivity contribution in [2.75, 3.05) is 13.1 Å². The quantitative estimate of drug-likeness (QED) is 0.857. The fourth-order valence-electron chi connectivity index (χ4n) is 4.71. The molecule has 1 saturated heterocycles. The molecular weight excluding hydrogens is 332 g/mol. The fourth-order valence-corrected chi connectivity index (χ4v) is 4.71. The summed E-state index contributed by atoms with van der Waals surface area (Å²) in [7, 11) is 0. The number of rotatable bonds is 5. The molecule has 0 bridgehead atoms. The molecule has 1 N–H and O–H groups in total. The van der Waals surface area contributed by atoms with Crippen LogP contribution in [0.1, 0.15) is 49.1 Å². The molecule has 0 radical (unpaired) electrons. The Balaban J connectivity index is 1.47. The van der Waals surface area contributed by atoms with Crippen LogP contribution in [0.4, 0.5) is 0 Å². The summed E-state index contributed by atoms with van der Waals surface area (Å²) < 4.78 is 0. The molecule has 1 amide bonds. The molecular formula is C24H30N2O. The van der Waals surface area contributed by atoms with Gasteiger partial charge in [0.1, 0.15) is 0 Å². The van der Waals surface area contributed by atoms with Gasteiger partial charge in [0.25, 0.3) is 0 Å². The van der Waals surface area contributed by atoms with Crippen molar-refractivity contribution in [3.63, 3.8) is 0 Å². The van der Waals surface area contributed by atoms with Crippen LogP contribution in [0.3, 0.4) is 0 Å². The van der Waals surface area contributed by atoms with Crippen molar-refractivity contribution >= 4 is 5.91 Å². The molecule has 3 nitrogen and oxygen atoms in total. The molecule has 1 aliphatic carbocycles. The summed E-state index contributed by atoms with van der Waals surface area (Å²) in [6.07, 6.45) is 5.80. The maximum absolute atomic E-state index is 12.9. The minimum atomic E-state index is 0.200. The molecule has 1 saturated carbocycles. The minimum absolute atomic E-state index is 0.200. The van der Waals surface area contributed by atoms with E-state index in [1.54, 1.807) is 0 Å². The third kappa shape index (κ3) is 4.59. The third-order valence-corrected chi connectivity index (χ3v) is 6.18. The normalized spacial score (nSPS) is 24.0. The molecule has 27 heavy (non-hydrogen) atoms. The molecule has 3 heteroatoms. The van der Waals surface area contributed by atoms with Gasteiger partial charge < -0.3 is 5.32 Å². The van der Waals surface area contributed by atoms with E-state index in [0.717, 1.165) is 32.5 Å². The molecule has 2 fully saturated rings. The van der Waals surface area contributed by atoms with Crippen LogP contribution in [0.15, 0.2) is 60.7 Å². The van der Waals surface area contributed by atoms with E-state index in [-0.39, 0.29) is 17.9 Å². The zero-order valence-electron chi connectivity index (χ0n) is 16.0. The lowest BCUT2D eigenvalue weighted by Gasteiger charge is -2.25. The highest BCUT2D eigenvalue weighted by Crippen LogP contribution is 2.30. The number of amides is 1. The molecule has 2 aromatic carbocycles. The summed E-state index contributed by atoms with van der Waals surface area (Å²) >= 11 is 0. The molecule has 0 unspecified atom stereocenters. The monoisotopic (exact) mass is 362 g/mol. The van der Waals surface area contributed by atoms with Crippen LogP contribution in [0.5, 0.6) is 0 Å². The van der Waals surface area contributed by atoms with Crippen LogP contribution < -0.4 is 5.32 Å². The van der Waals surface area contributed by atoms with E-state index in [1.165, 1.54) is 30.4 Å². The summed E-state index contributed by atoms with van der Waals surface area (Å²) in [6.45, 7) is 2.86. The van der Waals surface area contributed by atoms with Gasteiger partial charge in [0, 0.05) is 37.5 Å².